The van der Waals surface area contributed by atoms with Crippen LogP contribution in [0.4, 0.5) is 0 Å². The molecule has 0 heterocycles. The highest BCUT2D eigenvalue weighted by molar-refractivity contribution is 5.72. The molecule has 3 nitrogen and oxygen atoms in total. The number of carboxylic acids is 1. The van der Waals surface area contributed by atoms with Gasteiger partial charge in [-0.2, -0.15) is 0 Å². The second-order valence-electron chi connectivity index (χ2n) is 3.66. The molecule has 0 fully saturated rings. The third kappa shape index (κ3) is 3.66. The molecule has 0 amide bonds. The Bertz CT molecular complexity index is 330. The summed E-state index contributed by atoms with van der Waals surface area (Å²) in [6, 6.07) is 7.99. The SMILES string of the molecule is CCOC(Cc1ccc(CC)cc1)C(=O)O. The molecule has 0 saturated heterocycles. The molecule has 0 aliphatic rings. The summed E-state index contributed by atoms with van der Waals surface area (Å²) in [6.45, 7) is 4.31. The maximum atomic E-state index is 10.9. The molecule has 3 heteroatoms. The average molecular weight is 222 g/mol. The van der Waals surface area contributed by atoms with E-state index >= 15 is 0 Å². The first-order valence-electron chi connectivity index (χ1n) is 5.59. The van der Waals surface area contributed by atoms with Gasteiger partial charge in [0.2, 0.25) is 0 Å². The number of rotatable bonds is 6. The molecule has 0 radical (unpaired) electrons. The van der Waals surface area contributed by atoms with Gasteiger partial charge in [-0.15, -0.1) is 0 Å². The van der Waals surface area contributed by atoms with Crippen molar-refractivity contribution < 1.29 is 14.6 Å². The summed E-state index contributed by atoms with van der Waals surface area (Å²) in [5.74, 6) is -0.901. The summed E-state index contributed by atoms with van der Waals surface area (Å²) in [5.41, 5.74) is 2.25. The van der Waals surface area contributed by atoms with Crippen LogP contribution in [0.2, 0.25) is 0 Å². The van der Waals surface area contributed by atoms with Gasteiger partial charge in [-0.05, 0) is 24.5 Å². The van der Waals surface area contributed by atoms with Gasteiger partial charge >= 0.3 is 5.97 Å². The zero-order valence-electron chi connectivity index (χ0n) is 9.77. The van der Waals surface area contributed by atoms with Gasteiger partial charge in [-0.1, -0.05) is 31.2 Å². The fraction of sp³-hybridized carbons (Fsp3) is 0.462. The van der Waals surface area contributed by atoms with Gasteiger partial charge in [0.05, 0.1) is 0 Å². The summed E-state index contributed by atoms with van der Waals surface area (Å²) in [5, 5.41) is 8.94. The van der Waals surface area contributed by atoms with E-state index in [1.54, 1.807) is 6.92 Å². The Morgan fingerprint density at radius 1 is 1.25 bits per heavy atom. The highest BCUT2D eigenvalue weighted by Crippen LogP contribution is 2.09. The Morgan fingerprint density at radius 2 is 1.81 bits per heavy atom. The van der Waals surface area contributed by atoms with Gasteiger partial charge in [0.25, 0.3) is 0 Å². The minimum Gasteiger partial charge on any atom is -0.479 e. The third-order valence-corrected chi connectivity index (χ3v) is 2.50. The number of benzene rings is 1. The monoisotopic (exact) mass is 222 g/mol. The smallest absolute Gasteiger partial charge is 0.333 e. The van der Waals surface area contributed by atoms with Crippen LogP contribution < -0.4 is 0 Å². The Balaban J connectivity index is 2.65. The molecule has 0 aliphatic heterocycles. The Morgan fingerprint density at radius 3 is 2.25 bits per heavy atom. The number of aryl methyl sites for hydroxylation is 1. The lowest BCUT2D eigenvalue weighted by Crippen LogP contribution is -2.26. The largest absolute Gasteiger partial charge is 0.479 e. The van der Waals surface area contributed by atoms with Gasteiger partial charge in [0.15, 0.2) is 6.10 Å². The zero-order valence-corrected chi connectivity index (χ0v) is 9.77. The van der Waals surface area contributed by atoms with Crippen molar-refractivity contribution in [1.29, 1.82) is 0 Å². The van der Waals surface area contributed by atoms with E-state index in [9.17, 15) is 4.79 Å². The molecule has 1 rings (SSSR count). The van der Waals surface area contributed by atoms with Crippen molar-refractivity contribution in [3.8, 4) is 0 Å². The summed E-state index contributed by atoms with van der Waals surface area (Å²) in [4.78, 5) is 10.9. The maximum absolute atomic E-state index is 10.9. The molecular formula is C13H18O3. The van der Waals surface area contributed by atoms with E-state index in [-0.39, 0.29) is 0 Å². The van der Waals surface area contributed by atoms with Crippen LogP contribution in [0.15, 0.2) is 24.3 Å². The first-order chi connectivity index (χ1) is 7.67. The van der Waals surface area contributed by atoms with Crippen molar-refractivity contribution in [2.75, 3.05) is 6.61 Å². The standard InChI is InChI=1S/C13H18O3/c1-3-10-5-7-11(8-6-10)9-12(13(14)15)16-4-2/h5-8,12H,3-4,9H2,1-2H3,(H,14,15). The minimum absolute atomic E-state index is 0.421. The fourth-order valence-corrected chi connectivity index (χ4v) is 1.54. The van der Waals surface area contributed by atoms with Gasteiger partial charge in [0, 0.05) is 13.0 Å². The molecule has 0 bridgehead atoms. The van der Waals surface area contributed by atoms with Crippen LogP contribution in [0.3, 0.4) is 0 Å². The topological polar surface area (TPSA) is 46.5 Å². The van der Waals surface area contributed by atoms with Crippen molar-refractivity contribution in [2.24, 2.45) is 0 Å². The molecular weight excluding hydrogens is 204 g/mol. The molecule has 1 unspecified atom stereocenters. The molecule has 0 aromatic heterocycles. The molecule has 1 aromatic rings. The van der Waals surface area contributed by atoms with Gasteiger partial charge in [-0.25, -0.2) is 4.79 Å². The first kappa shape index (κ1) is 12.7. The predicted molar refractivity (Wildman–Crippen MR) is 62.6 cm³/mol. The first-order valence-corrected chi connectivity index (χ1v) is 5.59. The lowest BCUT2D eigenvalue weighted by Gasteiger charge is -2.12. The molecule has 0 saturated carbocycles. The fourth-order valence-electron chi connectivity index (χ4n) is 1.54. The lowest BCUT2D eigenvalue weighted by molar-refractivity contribution is -0.149. The summed E-state index contributed by atoms with van der Waals surface area (Å²) >= 11 is 0. The highest BCUT2D eigenvalue weighted by atomic mass is 16.5. The quantitative estimate of drug-likeness (QED) is 0.803. The molecule has 1 N–H and O–H groups in total. The Hall–Kier alpha value is -1.35. The number of carbonyl (C=O) groups is 1. The van der Waals surface area contributed by atoms with Crippen molar-refractivity contribution in [3.05, 3.63) is 35.4 Å². The lowest BCUT2D eigenvalue weighted by atomic mass is 10.0. The van der Waals surface area contributed by atoms with Crippen LogP contribution >= 0.6 is 0 Å². The van der Waals surface area contributed by atoms with E-state index in [0.717, 1.165) is 12.0 Å². The van der Waals surface area contributed by atoms with Gasteiger partial charge < -0.3 is 9.84 Å². The van der Waals surface area contributed by atoms with Crippen LogP contribution in [0.25, 0.3) is 0 Å². The highest BCUT2D eigenvalue weighted by Gasteiger charge is 2.17. The van der Waals surface area contributed by atoms with Crippen molar-refractivity contribution in [3.63, 3.8) is 0 Å². The summed E-state index contributed by atoms with van der Waals surface area (Å²) in [7, 11) is 0. The van der Waals surface area contributed by atoms with Crippen molar-refractivity contribution in [1.82, 2.24) is 0 Å². The number of hydrogen-bond donors (Lipinski definition) is 1. The van der Waals surface area contributed by atoms with Gasteiger partial charge in [0.1, 0.15) is 0 Å². The van der Waals surface area contributed by atoms with Crippen LogP contribution in [-0.2, 0) is 22.4 Å². The zero-order chi connectivity index (χ0) is 12.0. The minimum atomic E-state index is -0.901. The van der Waals surface area contributed by atoms with Crippen molar-refractivity contribution in [2.45, 2.75) is 32.8 Å². The third-order valence-electron chi connectivity index (χ3n) is 2.50. The molecule has 1 aromatic carbocycles. The summed E-state index contributed by atoms with van der Waals surface area (Å²) in [6.07, 6.45) is 0.679. The normalized spacial score (nSPS) is 12.4. The second-order valence-corrected chi connectivity index (χ2v) is 3.66. The predicted octanol–water partition coefficient (Wildman–Crippen LogP) is 2.28. The molecule has 16 heavy (non-hydrogen) atoms. The van der Waals surface area contributed by atoms with E-state index in [0.29, 0.717) is 13.0 Å². The Kier molecular flexibility index (Phi) is 4.99. The molecule has 88 valence electrons. The Labute approximate surface area is 96.1 Å². The second kappa shape index (κ2) is 6.28. The van der Waals surface area contributed by atoms with E-state index in [2.05, 4.69) is 6.92 Å². The van der Waals surface area contributed by atoms with E-state index in [4.69, 9.17) is 9.84 Å². The van der Waals surface area contributed by atoms with E-state index in [1.165, 1.54) is 5.56 Å². The van der Waals surface area contributed by atoms with Gasteiger partial charge in [-0.3, -0.25) is 0 Å². The van der Waals surface area contributed by atoms with E-state index < -0.39 is 12.1 Å². The average Bonchev–Trinajstić information content (AvgIpc) is 2.29. The number of carboxylic acid groups (broad SMARTS) is 1. The number of aliphatic carboxylic acids is 1. The van der Waals surface area contributed by atoms with Crippen LogP contribution in [-0.4, -0.2) is 23.8 Å². The van der Waals surface area contributed by atoms with Crippen LogP contribution in [0.5, 0.6) is 0 Å². The molecule has 0 aliphatic carbocycles. The van der Waals surface area contributed by atoms with E-state index in [1.807, 2.05) is 24.3 Å². The number of ether oxygens (including phenoxy) is 1. The summed E-state index contributed by atoms with van der Waals surface area (Å²) < 4.78 is 5.16. The van der Waals surface area contributed by atoms with Crippen molar-refractivity contribution >= 4 is 5.97 Å². The molecule has 0 spiro atoms. The molecule has 1 atom stereocenters. The maximum Gasteiger partial charge on any atom is 0.333 e. The van der Waals surface area contributed by atoms with Crippen LogP contribution in [0.1, 0.15) is 25.0 Å². The number of hydrogen-bond acceptors (Lipinski definition) is 2. The van der Waals surface area contributed by atoms with Crippen LogP contribution in [0, 0.1) is 0 Å².